The van der Waals surface area contributed by atoms with Gasteiger partial charge in [0.2, 0.25) is 0 Å². The summed E-state index contributed by atoms with van der Waals surface area (Å²) in [5.41, 5.74) is 4.99. The van der Waals surface area contributed by atoms with Crippen LogP contribution >= 0.6 is 11.8 Å². The topological polar surface area (TPSA) is 49.3 Å². The van der Waals surface area contributed by atoms with Crippen LogP contribution in [0.25, 0.3) is 10.9 Å². The molecule has 0 spiro atoms. The Kier molecular flexibility index (Phi) is 8.35. The zero-order valence-corrected chi connectivity index (χ0v) is 20.7. The highest BCUT2D eigenvalue weighted by atomic mass is 32.2. The monoisotopic (exact) mass is 464 g/mol. The number of fused-ring (bicyclic) bond motifs is 1. The van der Waals surface area contributed by atoms with Gasteiger partial charge in [0.05, 0.1) is 5.52 Å². The molecule has 0 unspecified atom stereocenters. The van der Waals surface area contributed by atoms with Crippen molar-refractivity contribution in [3.63, 3.8) is 0 Å². The van der Waals surface area contributed by atoms with Crippen molar-refractivity contribution >= 4 is 34.0 Å². The summed E-state index contributed by atoms with van der Waals surface area (Å²) in [5, 5.41) is 8.15. The van der Waals surface area contributed by atoms with Crippen molar-refractivity contribution in [2.24, 2.45) is 7.05 Å². The molecule has 4 rings (SSSR count). The fraction of sp³-hybridized carbons (Fsp3) is 0.444. The zero-order valence-electron chi connectivity index (χ0n) is 19.9. The first kappa shape index (κ1) is 23.7. The minimum atomic E-state index is 0.0414. The van der Waals surface area contributed by atoms with Gasteiger partial charge in [-0.15, -0.1) is 11.8 Å². The van der Waals surface area contributed by atoms with E-state index >= 15 is 0 Å². The molecule has 1 saturated heterocycles. The number of aryl methyl sites for hydroxylation is 2. The van der Waals surface area contributed by atoms with Crippen LogP contribution in [0.1, 0.15) is 31.2 Å². The van der Waals surface area contributed by atoms with Gasteiger partial charge in [-0.05, 0) is 78.9 Å². The van der Waals surface area contributed by atoms with E-state index in [1.165, 1.54) is 47.5 Å². The maximum Gasteiger partial charge on any atom is 0.250 e. The number of thioether (sulfide) groups is 1. The molecule has 5 nitrogen and oxygen atoms in total. The summed E-state index contributed by atoms with van der Waals surface area (Å²) in [6.07, 6.45) is 4.95. The van der Waals surface area contributed by atoms with E-state index in [0.717, 1.165) is 49.4 Å². The first-order valence-electron chi connectivity index (χ1n) is 12.1. The molecule has 1 aliphatic rings. The molecule has 0 atom stereocenters. The summed E-state index contributed by atoms with van der Waals surface area (Å²) in [6.45, 7) is 7.58. The van der Waals surface area contributed by atoms with Crippen molar-refractivity contribution in [3.05, 3.63) is 64.4 Å². The Morgan fingerprint density at radius 3 is 2.61 bits per heavy atom. The van der Waals surface area contributed by atoms with Gasteiger partial charge in [0, 0.05) is 62.1 Å². The molecular weight excluding hydrogens is 428 g/mol. The molecule has 1 fully saturated rings. The maximum absolute atomic E-state index is 11.8. The number of piperazine rings is 1. The number of nitrogens with one attached hydrogen (secondary N) is 2. The number of benzene rings is 2. The summed E-state index contributed by atoms with van der Waals surface area (Å²) in [6, 6.07) is 16.7. The van der Waals surface area contributed by atoms with Crippen LogP contribution in [0.15, 0.2) is 58.2 Å². The molecule has 2 N–H and O–H groups in total. The number of hydrogen-bond donors (Lipinski definition) is 2. The summed E-state index contributed by atoms with van der Waals surface area (Å²) >= 11 is 1.91. The van der Waals surface area contributed by atoms with Crippen LogP contribution in [0, 0.1) is 6.92 Å². The van der Waals surface area contributed by atoms with E-state index in [9.17, 15) is 4.79 Å². The third-order valence-electron chi connectivity index (χ3n) is 6.42. The molecule has 33 heavy (non-hydrogen) atoms. The van der Waals surface area contributed by atoms with E-state index in [0.29, 0.717) is 0 Å². The van der Waals surface area contributed by atoms with Crippen molar-refractivity contribution < 1.29 is 0 Å². The third kappa shape index (κ3) is 6.33. The average molecular weight is 465 g/mol. The summed E-state index contributed by atoms with van der Waals surface area (Å²) in [4.78, 5) is 15.5. The lowest BCUT2D eigenvalue weighted by molar-refractivity contribution is 0.588. The van der Waals surface area contributed by atoms with E-state index in [-0.39, 0.29) is 5.56 Å². The number of rotatable bonds is 10. The number of aromatic nitrogens is 1. The second kappa shape index (κ2) is 11.6. The van der Waals surface area contributed by atoms with E-state index in [4.69, 9.17) is 0 Å². The highest BCUT2D eigenvalue weighted by molar-refractivity contribution is 7.99. The van der Waals surface area contributed by atoms with Crippen molar-refractivity contribution in [2.75, 3.05) is 48.7 Å². The van der Waals surface area contributed by atoms with E-state index in [2.05, 4.69) is 58.9 Å². The van der Waals surface area contributed by atoms with E-state index in [1.807, 2.05) is 24.9 Å². The first-order valence-corrected chi connectivity index (χ1v) is 13.1. The molecule has 6 heteroatoms. The second-order valence-corrected chi connectivity index (χ2v) is 10.0. The van der Waals surface area contributed by atoms with Gasteiger partial charge >= 0.3 is 0 Å². The number of pyridine rings is 1. The maximum atomic E-state index is 11.8. The van der Waals surface area contributed by atoms with Gasteiger partial charge in [0.25, 0.3) is 5.56 Å². The van der Waals surface area contributed by atoms with Crippen molar-refractivity contribution in [2.45, 2.75) is 37.5 Å². The van der Waals surface area contributed by atoms with E-state index in [1.54, 1.807) is 10.6 Å². The Balaban J connectivity index is 1.12. The molecule has 176 valence electrons. The number of hydrogen-bond acceptors (Lipinski definition) is 5. The molecule has 3 aromatic rings. The number of anilines is 2. The lowest BCUT2D eigenvalue weighted by atomic mass is 10.1. The SMILES string of the molecule is Cc1cc(NCCCCCCSc2ccc3c(ccc(=O)n3C)c2)ccc1N1CCNCC1. The Morgan fingerprint density at radius 1 is 0.970 bits per heavy atom. The standard InChI is InChI=1S/C27H36N4OS/c1-21-19-23(8-10-25(21)31-16-14-28-15-17-31)29-13-5-3-4-6-18-33-24-9-11-26-22(20-24)7-12-27(32)30(26)2/h7-12,19-20,28-29H,3-6,13-18H2,1-2H3. The van der Waals surface area contributed by atoms with Crippen LogP contribution in [0.4, 0.5) is 11.4 Å². The zero-order chi connectivity index (χ0) is 23.0. The second-order valence-electron chi connectivity index (χ2n) is 8.88. The summed E-state index contributed by atoms with van der Waals surface area (Å²) < 4.78 is 1.71. The minimum Gasteiger partial charge on any atom is -0.385 e. The van der Waals surface area contributed by atoms with Crippen LogP contribution in [-0.4, -0.2) is 43.0 Å². The lowest BCUT2D eigenvalue weighted by Crippen LogP contribution is -2.43. The van der Waals surface area contributed by atoms with Gasteiger partial charge in [-0.25, -0.2) is 0 Å². The first-order chi connectivity index (χ1) is 16.1. The molecule has 1 aromatic heterocycles. The van der Waals surface area contributed by atoms with Gasteiger partial charge in [-0.1, -0.05) is 12.8 Å². The molecule has 2 aromatic carbocycles. The van der Waals surface area contributed by atoms with Crippen LogP contribution in [0.2, 0.25) is 0 Å². The molecule has 0 aliphatic carbocycles. The van der Waals surface area contributed by atoms with Gasteiger partial charge in [-0.3, -0.25) is 4.79 Å². The summed E-state index contributed by atoms with van der Waals surface area (Å²) in [5.74, 6) is 1.14. The molecule has 0 amide bonds. The average Bonchev–Trinajstić information content (AvgIpc) is 2.84. The smallest absolute Gasteiger partial charge is 0.250 e. The number of nitrogens with zero attached hydrogens (tertiary/aromatic N) is 2. The Morgan fingerprint density at radius 2 is 1.79 bits per heavy atom. The molecule has 2 heterocycles. The predicted octanol–water partition coefficient (Wildman–Crippen LogP) is 5.02. The highest BCUT2D eigenvalue weighted by Crippen LogP contribution is 2.25. The van der Waals surface area contributed by atoms with Gasteiger partial charge in [0.15, 0.2) is 0 Å². The van der Waals surface area contributed by atoms with Crippen molar-refractivity contribution in [3.8, 4) is 0 Å². The third-order valence-corrected chi connectivity index (χ3v) is 7.50. The largest absolute Gasteiger partial charge is 0.385 e. The van der Waals surface area contributed by atoms with Crippen LogP contribution in [0.3, 0.4) is 0 Å². The molecule has 0 bridgehead atoms. The molecule has 0 saturated carbocycles. The number of unbranched alkanes of at least 4 members (excludes halogenated alkanes) is 3. The van der Waals surface area contributed by atoms with Crippen molar-refractivity contribution in [1.82, 2.24) is 9.88 Å². The fourth-order valence-corrected chi connectivity index (χ4v) is 5.44. The Labute approximate surface area is 201 Å². The lowest BCUT2D eigenvalue weighted by Gasteiger charge is -2.31. The minimum absolute atomic E-state index is 0.0414. The Hall–Kier alpha value is -2.44. The predicted molar refractivity (Wildman–Crippen MR) is 143 cm³/mol. The van der Waals surface area contributed by atoms with Gasteiger partial charge in [-0.2, -0.15) is 0 Å². The summed E-state index contributed by atoms with van der Waals surface area (Å²) in [7, 11) is 1.83. The van der Waals surface area contributed by atoms with Crippen LogP contribution in [-0.2, 0) is 7.05 Å². The molecule has 0 radical (unpaired) electrons. The highest BCUT2D eigenvalue weighted by Gasteiger charge is 2.12. The van der Waals surface area contributed by atoms with Crippen LogP contribution in [0.5, 0.6) is 0 Å². The molecule has 1 aliphatic heterocycles. The quantitative estimate of drug-likeness (QED) is 0.326. The molecular formula is C27H36N4OS. The van der Waals surface area contributed by atoms with E-state index < -0.39 is 0 Å². The fourth-order valence-electron chi connectivity index (χ4n) is 4.48. The van der Waals surface area contributed by atoms with Gasteiger partial charge in [0.1, 0.15) is 0 Å². The Bertz CT molecular complexity index is 1120. The van der Waals surface area contributed by atoms with Gasteiger partial charge < -0.3 is 20.1 Å². The normalized spacial score (nSPS) is 14.1. The van der Waals surface area contributed by atoms with Crippen molar-refractivity contribution in [1.29, 1.82) is 0 Å². The van der Waals surface area contributed by atoms with Crippen LogP contribution < -0.4 is 21.1 Å².